The van der Waals surface area contributed by atoms with E-state index in [1.165, 1.54) is 0 Å². The second-order valence-electron chi connectivity index (χ2n) is 5.35. The van der Waals surface area contributed by atoms with Crippen LogP contribution in [0.1, 0.15) is 38.3 Å². The standard InChI is InChI=1S/C15H23N3O/c1-3-12-7-8-18(10-12)15(19)17-14-6-4-5-13(9-14)11(2)16/h4-6,9,11-12H,3,7-8,10,16H2,1-2H3,(H,17,19). The highest BCUT2D eigenvalue weighted by atomic mass is 16.2. The van der Waals surface area contributed by atoms with E-state index in [1.54, 1.807) is 0 Å². The third-order valence-electron chi connectivity index (χ3n) is 3.81. The van der Waals surface area contributed by atoms with Gasteiger partial charge in [-0.2, -0.15) is 0 Å². The molecule has 1 aromatic carbocycles. The quantitative estimate of drug-likeness (QED) is 0.878. The van der Waals surface area contributed by atoms with E-state index in [1.807, 2.05) is 36.1 Å². The van der Waals surface area contributed by atoms with E-state index >= 15 is 0 Å². The number of hydrogen-bond acceptors (Lipinski definition) is 2. The minimum atomic E-state index is -0.0203. The molecular formula is C15H23N3O. The number of nitrogens with two attached hydrogens (primary N) is 1. The summed E-state index contributed by atoms with van der Waals surface area (Å²) in [6, 6.07) is 7.72. The predicted molar refractivity (Wildman–Crippen MR) is 78.0 cm³/mol. The van der Waals surface area contributed by atoms with E-state index < -0.39 is 0 Å². The molecule has 0 saturated carbocycles. The zero-order valence-electron chi connectivity index (χ0n) is 11.7. The number of nitrogens with zero attached hydrogens (tertiary/aromatic N) is 1. The first-order chi connectivity index (χ1) is 9.10. The van der Waals surface area contributed by atoms with Crippen molar-refractivity contribution in [3.63, 3.8) is 0 Å². The average molecular weight is 261 g/mol. The minimum Gasteiger partial charge on any atom is -0.324 e. The maximum atomic E-state index is 12.1. The van der Waals surface area contributed by atoms with Crippen molar-refractivity contribution in [2.24, 2.45) is 11.7 Å². The Morgan fingerprint density at radius 2 is 2.37 bits per heavy atom. The van der Waals surface area contributed by atoms with Gasteiger partial charge in [0.25, 0.3) is 0 Å². The monoisotopic (exact) mass is 261 g/mol. The molecule has 1 aromatic rings. The van der Waals surface area contributed by atoms with Gasteiger partial charge in [-0.1, -0.05) is 25.5 Å². The number of anilines is 1. The molecule has 19 heavy (non-hydrogen) atoms. The van der Waals surface area contributed by atoms with Gasteiger partial charge in [-0.05, 0) is 37.0 Å². The number of likely N-dealkylation sites (tertiary alicyclic amines) is 1. The van der Waals surface area contributed by atoms with Crippen LogP contribution in [-0.4, -0.2) is 24.0 Å². The molecule has 0 aliphatic carbocycles. The molecule has 0 bridgehead atoms. The van der Waals surface area contributed by atoms with Gasteiger partial charge in [0.15, 0.2) is 0 Å². The number of nitrogens with one attached hydrogen (secondary N) is 1. The lowest BCUT2D eigenvalue weighted by atomic mass is 10.1. The molecular weight excluding hydrogens is 238 g/mol. The van der Waals surface area contributed by atoms with Crippen molar-refractivity contribution < 1.29 is 4.79 Å². The first-order valence-electron chi connectivity index (χ1n) is 7.01. The number of carbonyl (C=O) groups is 1. The van der Waals surface area contributed by atoms with Crippen LogP contribution in [0.25, 0.3) is 0 Å². The molecule has 4 nitrogen and oxygen atoms in total. The Bertz CT molecular complexity index is 445. The van der Waals surface area contributed by atoms with Gasteiger partial charge < -0.3 is 16.0 Å². The van der Waals surface area contributed by atoms with Crippen molar-refractivity contribution in [2.45, 2.75) is 32.7 Å². The van der Waals surface area contributed by atoms with Gasteiger partial charge in [-0.15, -0.1) is 0 Å². The van der Waals surface area contributed by atoms with Crippen molar-refractivity contribution in [3.8, 4) is 0 Å². The summed E-state index contributed by atoms with van der Waals surface area (Å²) < 4.78 is 0. The zero-order valence-corrected chi connectivity index (χ0v) is 11.7. The Morgan fingerprint density at radius 3 is 3.00 bits per heavy atom. The van der Waals surface area contributed by atoms with Crippen molar-refractivity contribution in [2.75, 3.05) is 18.4 Å². The molecule has 1 fully saturated rings. The molecule has 1 aliphatic rings. The highest BCUT2D eigenvalue weighted by Crippen LogP contribution is 2.21. The van der Waals surface area contributed by atoms with E-state index in [4.69, 9.17) is 5.73 Å². The molecule has 2 amide bonds. The topological polar surface area (TPSA) is 58.4 Å². The summed E-state index contributed by atoms with van der Waals surface area (Å²) >= 11 is 0. The highest BCUT2D eigenvalue weighted by molar-refractivity contribution is 5.89. The maximum Gasteiger partial charge on any atom is 0.321 e. The number of urea groups is 1. The highest BCUT2D eigenvalue weighted by Gasteiger charge is 2.24. The van der Waals surface area contributed by atoms with Gasteiger partial charge in [0.1, 0.15) is 0 Å². The number of rotatable bonds is 3. The number of carbonyl (C=O) groups excluding carboxylic acids is 1. The molecule has 0 aromatic heterocycles. The Hall–Kier alpha value is -1.55. The van der Waals surface area contributed by atoms with Crippen LogP contribution >= 0.6 is 0 Å². The Labute approximate surface area is 115 Å². The van der Waals surface area contributed by atoms with Gasteiger partial charge in [0.2, 0.25) is 0 Å². The molecule has 3 N–H and O–H groups in total. The van der Waals surface area contributed by atoms with E-state index in [2.05, 4.69) is 12.2 Å². The van der Waals surface area contributed by atoms with Crippen LogP contribution < -0.4 is 11.1 Å². The maximum absolute atomic E-state index is 12.1. The smallest absolute Gasteiger partial charge is 0.321 e. The summed E-state index contributed by atoms with van der Waals surface area (Å²) in [6.45, 7) is 5.85. The van der Waals surface area contributed by atoms with Crippen LogP contribution in [0.4, 0.5) is 10.5 Å². The zero-order chi connectivity index (χ0) is 13.8. The number of amides is 2. The molecule has 0 spiro atoms. The minimum absolute atomic E-state index is 0.00206. The van der Waals surface area contributed by atoms with Gasteiger partial charge in [0.05, 0.1) is 0 Å². The first-order valence-corrected chi connectivity index (χ1v) is 7.01. The van der Waals surface area contributed by atoms with Gasteiger partial charge >= 0.3 is 6.03 Å². The average Bonchev–Trinajstić information content (AvgIpc) is 2.88. The Morgan fingerprint density at radius 1 is 1.58 bits per heavy atom. The molecule has 0 radical (unpaired) electrons. The fourth-order valence-electron chi connectivity index (χ4n) is 2.45. The van der Waals surface area contributed by atoms with Crippen LogP contribution in [0.3, 0.4) is 0 Å². The van der Waals surface area contributed by atoms with Crippen LogP contribution in [-0.2, 0) is 0 Å². The second-order valence-corrected chi connectivity index (χ2v) is 5.35. The van der Waals surface area contributed by atoms with Crippen molar-refractivity contribution in [1.29, 1.82) is 0 Å². The largest absolute Gasteiger partial charge is 0.324 e. The Balaban J connectivity index is 1.97. The van der Waals surface area contributed by atoms with Gasteiger partial charge in [0, 0.05) is 24.8 Å². The summed E-state index contributed by atoms with van der Waals surface area (Å²) in [7, 11) is 0. The molecule has 104 valence electrons. The second kappa shape index (κ2) is 6.06. The van der Waals surface area contributed by atoms with E-state index in [0.29, 0.717) is 5.92 Å². The molecule has 1 heterocycles. The molecule has 4 heteroatoms. The summed E-state index contributed by atoms with van der Waals surface area (Å²) in [5, 5.41) is 2.96. The SMILES string of the molecule is CCC1CCN(C(=O)Nc2cccc(C(C)N)c2)C1. The van der Waals surface area contributed by atoms with Crippen LogP contribution in [0, 0.1) is 5.92 Å². The fraction of sp³-hybridized carbons (Fsp3) is 0.533. The molecule has 1 saturated heterocycles. The summed E-state index contributed by atoms with van der Waals surface area (Å²) in [5.74, 6) is 0.654. The van der Waals surface area contributed by atoms with Crippen LogP contribution in [0.15, 0.2) is 24.3 Å². The van der Waals surface area contributed by atoms with Crippen molar-refractivity contribution in [3.05, 3.63) is 29.8 Å². The van der Waals surface area contributed by atoms with Crippen LogP contribution in [0.2, 0.25) is 0 Å². The third-order valence-corrected chi connectivity index (χ3v) is 3.81. The lowest BCUT2D eigenvalue weighted by Gasteiger charge is -2.18. The molecule has 1 aliphatic heterocycles. The normalized spacial score (nSPS) is 20.4. The summed E-state index contributed by atoms with van der Waals surface area (Å²) in [6.07, 6.45) is 2.26. The fourth-order valence-corrected chi connectivity index (χ4v) is 2.45. The molecule has 2 unspecified atom stereocenters. The third kappa shape index (κ3) is 3.47. The first kappa shape index (κ1) is 13.9. The number of benzene rings is 1. The summed E-state index contributed by atoms with van der Waals surface area (Å²) in [5.41, 5.74) is 7.70. The van der Waals surface area contributed by atoms with Crippen LogP contribution in [0.5, 0.6) is 0 Å². The lowest BCUT2D eigenvalue weighted by Crippen LogP contribution is -2.33. The predicted octanol–water partition coefficient (Wildman–Crippen LogP) is 2.97. The van der Waals surface area contributed by atoms with Crippen molar-refractivity contribution in [1.82, 2.24) is 4.90 Å². The molecule has 2 rings (SSSR count). The van der Waals surface area contributed by atoms with E-state index in [9.17, 15) is 4.79 Å². The van der Waals surface area contributed by atoms with Gasteiger partial charge in [-0.3, -0.25) is 0 Å². The number of hydrogen-bond donors (Lipinski definition) is 2. The lowest BCUT2D eigenvalue weighted by molar-refractivity contribution is 0.220. The Kier molecular flexibility index (Phi) is 4.43. The summed E-state index contributed by atoms with van der Waals surface area (Å²) in [4.78, 5) is 14.0. The van der Waals surface area contributed by atoms with Crippen molar-refractivity contribution >= 4 is 11.7 Å². The van der Waals surface area contributed by atoms with E-state index in [0.717, 1.165) is 37.2 Å². The molecule has 2 atom stereocenters. The van der Waals surface area contributed by atoms with E-state index in [-0.39, 0.29) is 12.1 Å². The van der Waals surface area contributed by atoms with Gasteiger partial charge in [-0.25, -0.2) is 4.79 Å².